The lowest BCUT2D eigenvalue weighted by atomic mass is 10.1. The fourth-order valence-corrected chi connectivity index (χ4v) is 6.01. The highest BCUT2D eigenvalue weighted by Gasteiger charge is 2.33. The summed E-state index contributed by atoms with van der Waals surface area (Å²) in [5.41, 5.74) is 2.67. The third kappa shape index (κ3) is 6.06. The van der Waals surface area contributed by atoms with E-state index in [1.807, 2.05) is 21.0 Å². The molecule has 1 aliphatic heterocycles. The van der Waals surface area contributed by atoms with Crippen LogP contribution in [0.4, 0.5) is 5.69 Å². The summed E-state index contributed by atoms with van der Waals surface area (Å²) in [4.78, 5) is 14.8. The number of carbonyl (C=O) groups excluding carboxylic acids is 1. The Hall–Kier alpha value is -2.58. The van der Waals surface area contributed by atoms with Crippen molar-refractivity contribution in [1.29, 1.82) is 0 Å². The number of ether oxygens (including phenoxy) is 1. The first-order valence-corrected chi connectivity index (χ1v) is 12.9. The van der Waals surface area contributed by atoms with Crippen LogP contribution in [0, 0.1) is 0 Å². The summed E-state index contributed by atoms with van der Waals surface area (Å²) >= 11 is 0. The van der Waals surface area contributed by atoms with Crippen molar-refractivity contribution in [2.75, 3.05) is 39.2 Å². The SMILES string of the molecule is COc1ccc(C(=O)NCCCc2ccc(N(C)C)cc2)cc1S(=O)(=O)N1CCCCC1C. The highest BCUT2D eigenvalue weighted by atomic mass is 32.2. The molecule has 180 valence electrons. The van der Waals surface area contributed by atoms with E-state index in [9.17, 15) is 13.2 Å². The van der Waals surface area contributed by atoms with E-state index in [0.29, 0.717) is 18.7 Å². The van der Waals surface area contributed by atoms with Crippen molar-refractivity contribution < 1.29 is 17.9 Å². The van der Waals surface area contributed by atoms with Gasteiger partial charge in [0.15, 0.2) is 0 Å². The van der Waals surface area contributed by atoms with Crippen molar-refractivity contribution in [2.24, 2.45) is 0 Å². The number of piperidine rings is 1. The number of benzene rings is 2. The number of hydrogen-bond donors (Lipinski definition) is 1. The quantitative estimate of drug-likeness (QED) is 0.562. The minimum atomic E-state index is -3.76. The van der Waals surface area contributed by atoms with Crippen LogP contribution in [0.3, 0.4) is 0 Å². The van der Waals surface area contributed by atoms with Gasteiger partial charge in [-0.15, -0.1) is 0 Å². The third-order valence-electron chi connectivity index (χ3n) is 6.13. The number of nitrogens with one attached hydrogen (secondary N) is 1. The van der Waals surface area contributed by atoms with Gasteiger partial charge in [0.2, 0.25) is 10.0 Å². The van der Waals surface area contributed by atoms with E-state index in [4.69, 9.17) is 4.74 Å². The molecule has 1 fully saturated rings. The summed E-state index contributed by atoms with van der Waals surface area (Å²) < 4.78 is 33.5. The molecule has 1 amide bonds. The molecule has 1 unspecified atom stereocenters. The van der Waals surface area contributed by atoms with Crippen LogP contribution in [0.5, 0.6) is 5.75 Å². The van der Waals surface area contributed by atoms with Crippen LogP contribution >= 0.6 is 0 Å². The maximum absolute atomic E-state index is 13.3. The molecule has 3 rings (SSSR count). The van der Waals surface area contributed by atoms with E-state index >= 15 is 0 Å². The highest BCUT2D eigenvalue weighted by molar-refractivity contribution is 7.89. The number of aryl methyl sites for hydroxylation is 1. The number of amides is 1. The molecule has 33 heavy (non-hydrogen) atoms. The number of anilines is 1. The average Bonchev–Trinajstić information content (AvgIpc) is 2.81. The number of methoxy groups -OCH3 is 1. The minimum absolute atomic E-state index is 0.0485. The predicted molar refractivity (Wildman–Crippen MR) is 132 cm³/mol. The zero-order chi connectivity index (χ0) is 24.0. The Morgan fingerprint density at radius 3 is 2.52 bits per heavy atom. The van der Waals surface area contributed by atoms with Gasteiger partial charge in [-0.2, -0.15) is 4.31 Å². The lowest BCUT2D eigenvalue weighted by Crippen LogP contribution is -2.42. The Labute approximate surface area is 197 Å². The smallest absolute Gasteiger partial charge is 0.251 e. The van der Waals surface area contributed by atoms with Gasteiger partial charge >= 0.3 is 0 Å². The second-order valence-corrected chi connectivity index (χ2v) is 10.6. The largest absolute Gasteiger partial charge is 0.495 e. The van der Waals surface area contributed by atoms with E-state index in [-0.39, 0.29) is 22.6 Å². The normalized spacial score (nSPS) is 16.9. The Kier molecular flexibility index (Phi) is 8.37. The molecule has 0 radical (unpaired) electrons. The van der Waals surface area contributed by atoms with Crippen LogP contribution < -0.4 is 15.0 Å². The zero-order valence-corrected chi connectivity index (χ0v) is 20.8. The summed E-state index contributed by atoms with van der Waals surface area (Å²) in [5.74, 6) is -0.0331. The van der Waals surface area contributed by atoms with Crippen molar-refractivity contribution in [1.82, 2.24) is 9.62 Å². The van der Waals surface area contributed by atoms with Crippen molar-refractivity contribution in [3.05, 3.63) is 53.6 Å². The Morgan fingerprint density at radius 1 is 1.15 bits per heavy atom. The second kappa shape index (κ2) is 11.0. The van der Waals surface area contributed by atoms with Crippen LogP contribution in [0.15, 0.2) is 47.4 Å². The maximum Gasteiger partial charge on any atom is 0.251 e. The van der Waals surface area contributed by atoms with Gasteiger partial charge in [-0.3, -0.25) is 4.79 Å². The fourth-order valence-electron chi connectivity index (χ4n) is 4.13. The van der Waals surface area contributed by atoms with Crippen molar-refractivity contribution >= 4 is 21.6 Å². The Balaban J connectivity index is 1.65. The Morgan fingerprint density at radius 2 is 1.88 bits per heavy atom. The van der Waals surface area contributed by atoms with Gasteiger partial charge in [0.05, 0.1) is 7.11 Å². The maximum atomic E-state index is 13.3. The molecule has 1 N–H and O–H groups in total. The lowest BCUT2D eigenvalue weighted by molar-refractivity contribution is 0.0953. The molecule has 7 nitrogen and oxygen atoms in total. The molecule has 0 aromatic heterocycles. The van der Waals surface area contributed by atoms with E-state index < -0.39 is 10.0 Å². The molecule has 0 saturated carbocycles. The molecule has 0 spiro atoms. The summed E-state index contributed by atoms with van der Waals surface area (Å²) in [6.45, 7) is 2.91. The van der Waals surface area contributed by atoms with Crippen LogP contribution in [0.2, 0.25) is 0 Å². The second-order valence-electron chi connectivity index (χ2n) is 8.75. The number of hydrogen-bond acceptors (Lipinski definition) is 5. The Bertz CT molecular complexity index is 1050. The van der Waals surface area contributed by atoms with Gasteiger partial charge in [0, 0.05) is 44.5 Å². The van der Waals surface area contributed by atoms with Crippen molar-refractivity contribution in [3.8, 4) is 5.75 Å². The topological polar surface area (TPSA) is 79.0 Å². The van der Waals surface area contributed by atoms with Gasteiger partial charge in [0.25, 0.3) is 5.91 Å². The summed E-state index contributed by atoms with van der Waals surface area (Å²) in [6.07, 6.45) is 4.33. The van der Waals surface area contributed by atoms with Gasteiger partial charge in [-0.25, -0.2) is 8.42 Å². The molecule has 2 aromatic rings. The predicted octanol–water partition coefficient (Wildman–Crippen LogP) is 3.69. The zero-order valence-electron chi connectivity index (χ0n) is 20.0. The van der Waals surface area contributed by atoms with E-state index in [0.717, 1.165) is 37.8 Å². The summed E-state index contributed by atoms with van der Waals surface area (Å²) in [5, 5.41) is 2.91. The molecule has 1 aliphatic rings. The first kappa shape index (κ1) is 25.1. The summed E-state index contributed by atoms with van der Waals surface area (Å²) in [6, 6.07) is 12.9. The lowest BCUT2D eigenvalue weighted by Gasteiger charge is -2.32. The van der Waals surface area contributed by atoms with Crippen LogP contribution in [0.1, 0.15) is 48.5 Å². The van der Waals surface area contributed by atoms with Crippen LogP contribution in [0.25, 0.3) is 0 Å². The van der Waals surface area contributed by atoms with Gasteiger partial charge in [0.1, 0.15) is 10.6 Å². The first-order chi connectivity index (χ1) is 15.7. The highest BCUT2D eigenvalue weighted by Crippen LogP contribution is 2.31. The molecule has 1 heterocycles. The number of carbonyl (C=O) groups is 1. The monoisotopic (exact) mass is 473 g/mol. The van der Waals surface area contributed by atoms with Crippen LogP contribution in [-0.2, 0) is 16.4 Å². The van der Waals surface area contributed by atoms with E-state index in [2.05, 4.69) is 34.5 Å². The van der Waals surface area contributed by atoms with Crippen molar-refractivity contribution in [3.63, 3.8) is 0 Å². The molecular weight excluding hydrogens is 438 g/mol. The molecule has 8 heteroatoms. The van der Waals surface area contributed by atoms with Gasteiger partial charge in [-0.1, -0.05) is 18.6 Å². The molecule has 1 saturated heterocycles. The molecular formula is C25H35N3O4S. The molecule has 0 aliphatic carbocycles. The average molecular weight is 474 g/mol. The summed E-state index contributed by atoms with van der Waals surface area (Å²) in [7, 11) is 1.70. The van der Waals surface area contributed by atoms with Crippen LogP contribution in [-0.4, -0.2) is 59.0 Å². The van der Waals surface area contributed by atoms with Gasteiger partial charge < -0.3 is 15.0 Å². The minimum Gasteiger partial charge on any atom is -0.495 e. The first-order valence-electron chi connectivity index (χ1n) is 11.5. The number of nitrogens with zero attached hydrogens (tertiary/aromatic N) is 2. The van der Waals surface area contributed by atoms with Crippen molar-refractivity contribution in [2.45, 2.75) is 50.0 Å². The molecule has 1 atom stereocenters. The molecule has 0 bridgehead atoms. The molecule has 2 aromatic carbocycles. The third-order valence-corrected chi connectivity index (χ3v) is 8.17. The van der Waals surface area contributed by atoms with E-state index in [1.54, 1.807) is 12.1 Å². The number of rotatable bonds is 9. The van der Waals surface area contributed by atoms with E-state index in [1.165, 1.54) is 23.0 Å². The fraction of sp³-hybridized carbons (Fsp3) is 0.480. The van der Waals surface area contributed by atoms with Gasteiger partial charge in [-0.05, 0) is 68.5 Å². The standard InChI is InChI=1S/C25H35N3O4S/c1-19-8-5-6-17-28(19)33(30,31)24-18-21(12-15-23(24)32-4)25(29)26-16-7-9-20-10-13-22(14-11-20)27(2)3/h10-15,18-19H,5-9,16-17H2,1-4H3,(H,26,29). The number of sulfonamides is 1.